The molecule has 1 unspecified atom stereocenters. The van der Waals surface area contributed by atoms with E-state index in [4.69, 9.17) is 0 Å². The second-order valence-electron chi connectivity index (χ2n) is 10.9. The second-order valence-corrected chi connectivity index (χ2v) is 10.9. The molecule has 2 aromatic carbocycles. The van der Waals surface area contributed by atoms with Gasteiger partial charge >= 0.3 is 0 Å². The number of carbonyl (C=O) groups is 1. The number of hydrogen-bond donors (Lipinski definition) is 1. The van der Waals surface area contributed by atoms with Crippen molar-refractivity contribution >= 4 is 5.91 Å². The van der Waals surface area contributed by atoms with Gasteiger partial charge in [-0.3, -0.25) is 4.79 Å². The van der Waals surface area contributed by atoms with Crippen LogP contribution in [0.1, 0.15) is 69.9 Å². The van der Waals surface area contributed by atoms with Gasteiger partial charge in [0.25, 0.3) is 5.91 Å². The molecule has 0 radical (unpaired) electrons. The van der Waals surface area contributed by atoms with E-state index in [2.05, 4.69) is 44.2 Å². The number of hydrogen-bond acceptors (Lipinski definition) is 2. The average molecular weight is 434 g/mol. The summed E-state index contributed by atoms with van der Waals surface area (Å²) >= 11 is 0. The Balaban J connectivity index is 1.40. The van der Waals surface area contributed by atoms with Crippen LogP contribution in [0.4, 0.5) is 0 Å². The fourth-order valence-electron chi connectivity index (χ4n) is 6.15. The van der Waals surface area contributed by atoms with Gasteiger partial charge in [0, 0.05) is 19.0 Å². The van der Waals surface area contributed by atoms with Crippen molar-refractivity contribution in [3.05, 3.63) is 71.8 Å². The molecule has 2 aliphatic rings. The molecule has 4 rings (SSSR count). The van der Waals surface area contributed by atoms with Gasteiger partial charge in [-0.1, -0.05) is 87.4 Å². The molecule has 2 fully saturated rings. The van der Waals surface area contributed by atoms with Gasteiger partial charge in [0.1, 0.15) is 0 Å². The van der Waals surface area contributed by atoms with E-state index in [-0.39, 0.29) is 17.2 Å². The minimum atomic E-state index is -1.38. The lowest BCUT2D eigenvalue weighted by Gasteiger charge is -2.41. The zero-order valence-corrected chi connectivity index (χ0v) is 19.8. The molecule has 0 aromatic heterocycles. The van der Waals surface area contributed by atoms with E-state index in [0.717, 1.165) is 63.6 Å². The monoisotopic (exact) mass is 433 g/mol. The molecule has 1 atom stereocenters. The predicted molar refractivity (Wildman–Crippen MR) is 130 cm³/mol. The van der Waals surface area contributed by atoms with E-state index in [1.165, 1.54) is 12.0 Å². The highest BCUT2D eigenvalue weighted by molar-refractivity contribution is 5.87. The lowest BCUT2D eigenvalue weighted by molar-refractivity contribution is -0.161. The van der Waals surface area contributed by atoms with Crippen molar-refractivity contribution in [2.45, 2.75) is 70.8 Å². The molecular weight excluding hydrogens is 394 g/mol. The average Bonchev–Trinajstić information content (AvgIpc) is 3.35. The highest BCUT2D eigenvalue weighted by Gasteiger charge is 2.48. The maximum atomic E-state index is 13.7. The number of nitrogens with zero attached hydrogens (tertiary/aromatic N) is 1. The van der Waals surface area contributed by atoms with E-state index in [9.17, 15) is 9.90 Å². The number of carbonyl (C=O) groups excluding carboxylic acids is 1. The van der Waals surface area contributed by atoms with Crippen LogP contribution in [0.15, 0.2) is 60.7 Å². The van der Waals surface area contributed by atoms with Crippen LogP contribution in [0.5, 0.6) is 0 Å². The fraction of sp³-hybridized carbons (Fsp3) is 0.552. The van der Waals surface area contributed by atoms with Crippen molar-refractivity contribution < 1.29 is 9.90 Å². The number of piperidine rings is 1. The molecule has 32 heavy (non-hydrogen) atoms. The van der Waals surface area contributed by atoms with Gasteiger partial charge in [-0.05, 0) is 61.0 Å². The molecule has 0 spiro atoms. The Morgan fingerprint density at radius 1 is 0.906 bits per heavy atom. The Hall–Kier alpha value is -2.13. The Morgan fingerprint density at radius 3 is 2.06 bits per heavy atom. The van der Waals surface area contributed by atoms with E-state index < -0.39 is 5.60 Å². The van der Waals surface area contributed by atoms with Crippen LogP contribution >= 0.6 is 0 Å². The lowest BCUT2D eigenvalue weighted by atomic mass is 9.75. The number of benzene rings is 2. The maximum absolute atomic E-state index is 13.7. The summed E-state index contributed by atoms with van der Waals surface area (Å²) in [5.41, 5.74) is 1.03. The molecule has 1 heterocycles. The number of likely N-dealkylation sites (tertiary alicyclic amines) is 1. The van der Waals surface area contributed by atoms with Crippen LogP contribution in [0.25, 0.3) is 0 Å². The fourth-order valence-corrected chi connectivity index (χ4v) is 6.15. The number of aliphatic hydroxyl groups is 1. The molecular formula is C29H39NO2. The minimum absolute atomic E-state index is 0.0277. The summed E-state index contributed by atoms with van der Waals surface area (Å²) in [5, 5.41) is 11.8. The van der Waals surface area contributed by atoms with Crippen molar-refractivity contribution in [2.24, 2.45) is 17.3 Å². The van der Waals surface area contributed by atoms with Gasteiger partial charge in [-0.2, -0.15) is 0 Å². The molecule has 2 aromatic rings. The molecule has 1 amide bonds. The van der Waals surface area contributed by atoms with E-state index >= 15 is 0 Å². The van der Waals surface area contributed by atoms with Crippen molar-refractivity contribution in [3.8, 4) is 0 Å². The standard InChI is InChI=1S/C29H39NO2/c1-28(2,21-23-11-5-3-6-12-23)22-24-17-19-30(20-18-24)27(31)29(32,26-15-9-10-16-26)25-13-7-4-8-14-25/h3-8,11-14,24,26,32H,9-10,15-22H2,1-2H3. The SMILES string of the molecule is CC(C)(Cc1ccccc1)CC1CCN(C(=O)C(O)(c2ccccc2)C2CCCC2)CC1. The van der Waals surface area contributed by atoms with Gasteiger partial charge in [0.15, 0.2) is 5.60 Å². The minimum Gasteiger partial charge on any atom is -0.375 e. The molecule has 1 aliphatic carbocycles. The summed E-state index contributed by atoms with van der Waals surface area (Å²) in [6.07, 6.45) is 8.39. The summed E-state index contributed by atoms with van der Waals surface area (Å²) < 4.78 is 0. The van der Waals surface area contributed by atoms with E-state index in [0.29, 0.717) is 5.92 Å². The third-order valence-corrected chi connectivity index (χ3v) is 7.75. The summed E-state index contributed by atoms with van der Waals surface area (Å²) in [6, 6.07) is 20.4. The zero-order valence-electron chi connectivity index (χ0n) is 19.8. The zero-order chi connectivity index (χ0) is 22.6. The van der Waals surface area contributed by atoms with Gasteiger partial charge in [0.05, 0.1) is 0 Å². The lowest BCUT2D eigenvalue weighted by Crippen LogP contribution is -2.53. The molecule has 0 bridgehead atoms. The first kappa shape index (κ1) is 23.0. The predicted octanol–water partition coefficient (Wildman–Crippen LogP) is 5.96. The molecule has 1 aliphatic heterocycles. The van der Waals surface area contributed by atoms with Crippen molar-refractivity contribution in [1.29, 1.82) is 0 Å². The van der Waals surface area contributed by atoms with Crippen LogP contribution in [-0.2, 0) is 16.8 Å². The largest absolute Gasteiger partial charge is 0.375 e. The highest BCUT2D eigenvalue weighted by Crippen LogP contribution is 2.43. The molecule has 172 valence electrons. The first-order chi connectivity index (χ1) is 15.4. The summed E-state index contributed by atoms with van der Waals surface area (Å²) in [5.74, 6) is 0.589. The third-order valence-electron chi connectivity index (χ3n) is 7.75. The Kier molecular flexibility index (Phi) is 7.05. The maximum Gasteiger partial charge on any atom is 0.259 e. The van der Waals surface area contributed by atoms with Crippen molar-refractivity contribution in [2.75, 3.05) is 13.1 Å². The first-order valence-corrected chi connectivity index (χ1v) is 12.5. The Labute approximate surface area is 193 Å². The summed E-state index contributed by atoms with van der Waals surface area (Å²) in [6.45, 7) is 6.25. The van der Waals surface area contributed by atoms with Crippen molar-refractivity contribution in [1.82, 2.24) is 4.90 Å². The molecule has 1 saturated heterocycles. The topological polar surface area (TPSA) is 40.5 Å². The first-order valence-electron chi connectivity index (χ1n) is 12.5. The second kappa shape index (κ2) is 9.79. The summed E-state index contributed by atoms with van der Waals surface area (Å²) in [4.78, 5) is 15.7. The normalized spacial score (nSPS) is 20.3. The van der Waals surface area contributed by atoms with E-state index in [1.807, 2.05) is 35.2 Å². The van der Waals surface area contributed by atoms with E-state index in [1.54, 1.807) is 0 Å². The number of rotatable bonds is 7. The third kappa shape index (κ3) is 5.09. The van der Waals surface area contributed by atoms with Gasteiger partial charge in [0.2, 0.25) is 0 Å². The quantitative estimate of drug-likeness (QED) is 0.585. The molecule has 1 N–H and O–H groups in total. The van der Waals surface area contributed by atoms with Crippen LogP contribution in [0, 0.1) is 17.3 Å². The Morgan fingerprint density at radius 2 is 1.47 bits per heavy atom. The Bertz CT molecular complexity index is 865. The van der Waals surface area contributed by atoms with Gasteiger partial charge < -0.3 is 10.0 Å². The summed E-state index contributed by atoms with van der Waals surface area (Å²) in [7, 11) is 0. The molecule has 1 saturated carbocycles. The van der Waals surface area contributed by atoms with Crippen LogP contribution in [0.3, 0.4) is 0 Å². The smallest absolute Gasteiger partial charge is 0.259 e. The molecule has 3 nitrogen and oxygen atoms in total. The van der Waals surface area contributed by atoms with Gasteiger partial charge in [-0.25, -0.2) is 0 Å². The molecule has 3 heteroatoms. The van der Waals surface area contributed by atoms with Crippen LogP contribution in [0.2, 0.25) is 0 Å². The number of amides is 1. The van der Waals surface area contributed by atoms with Crippen molar-refractivity contribution in [3.63, 3.8) is 0 Å². The highest BCUT2D eigenvalue weighted by atomic mass is 16.3. The van der Waals surface area contributed by atoms with Gasteiger partial charge in [-0.15, -0.1) is 0 Å². The van der Waals surface area contributed by atoms with Crippen LogP contribution in [-0.4, -0.2) is 29.0 Å². The van der Waals surface area contributed by atoms with Crippen LogP contribution < -0.4 is 0 Å².